The number of likely N-dealkylation sites (tertiary alicyclic amines) is 1. The van der Waals surface area contributed by atoms with Crippen molar-refractivity contribution < 1.29 is 4.79 Å². The minimum atomic E-state index is 0.153. The fourth-order valence-electron chi connectivity index (χ4n) is 2.04. The van der Waals surface area contributed by atoms with Crippen LogP contribution in [-0.4, -0.2) is 46.9 Å². The molecular formula is C12H21N3OS. The van der Waals surface area contributed by atoms with E-state index < -0.39 is 0 Å². The number of rotatable bonds is 3. The molecule has 0 aromatic carbocycles. The Kier molecular flexibility index (Phi) is 3.97. The van der Waals surface area contributed by atoms with E-state index in [1.54, 1.807) is 11.8 Å². The molecule has 0 aliphatic carbocycles. The Labute approximate surface area is 107 Å². The van der Waals surface area contributed by atoms with Crippen LogP contribution < -0.4 is 5.32 Å². The molecule has 2 aliphatic rings. The first-order valence-corrected chi connectivity index (χ1v) is 7.35. The molecule has 2 aliphatic heterocycles. The van der Waals surface area contributed by atoms with Gasteiger partial charge in [0.25, 0.3) is 0 Å². The average molecular weight is 255 g/mol. The van der Waals surface area contributed by atoms with Crippen LogP contribution in [0.1, 0.15) is 33.1 Å². The lowest BCUT2D eigenvalue weighted by atomic mass is 10.0. The van der Waals surface area contributed by atoms with Gasteiger partial charge in [0.15, 0.2) is 5.17 Å². The molecule has 0 bridgehead atoms. The molecular weight excluding hydrogens is 234 g/mol. The third-order valence-electron chi connectivity index (χ3n) is 3.53. The topological polar surface area (TPSA) is 44.7 Å². The number of carbonyl (C=O) groups excluding carboxylic acids is 1. The van der Waals surface area contributed by atoms with Crippen molar-refractivity contribution in [2.75, 3.05) is 25.4 Å². The van der Waals surface area contributed by atoms with Gasteiger partial charge in [0, 0.05) is 24.4 Å². The molecule has 2 heterocycles. The van der Waals surface area contributed by atoms with Crippen LogP contribution >= 0.6 is 11.8 Å². The lowest BCUT2D eigenvalue weighted by Gasteiger charge is -2.20. The van der Waals surface area contributed by atoms with Gasteiger partial charge in [0.2, 0.25) is 5.91 Å². The second-order valence-corrected chi connectivity index (χ2v) is 6.00. The molecule has 2 fully saturated rings. The monoisotopic (exact) mass is 255 g/mol. The SMILES string of the molecule is CCC1(C)CSC(=NCC(=O)N2CCCC2)N1. The molecule has 5 heteroatoms. The van der Waals surface area contributed by atoms with Gasteiger partial charge >= 0.3 is 0 Å². The normalized spacial score (nSPS) is 30.9. The number of carbonyl (C=O) groups is 1. The van der Waals surface area contributed by atoms with Gasteiger partial charge in [-0.3, -0.25) is 9.79 Å². The number of hydrogen-bond donors (Lipinski definition) is 1. The first kappa shape index (κ1) is 12.7. The molecule has 2 rings (SSSR count). The Bertz CT molecular complexity index is 326. The van der Waals surface area contributed by atoms with Crippen LogP contribution in [-0.2, 0) is 4.79 Å². The van der Waals surface area contributed by atoms with Gasteiger partial charge in [-0.25, -0.2) is 0 Å². The van der Waals surface area contributed by atoms with Gasteiger partial charge in [0.05, 0.1) is 0 Å². The lowest BCUT2D eigenvalue weighted by Crippen LogP contribution is -2.40. The second-order valence-electron chi connectivity index (χ2n) is 5.04. The average Bonchev–Trinajstić information content (AvgIpc) is 2.96. The molecule has 17 heavy (non-hydrogen) atoms. The van der Waals surface area contributed by atoms with Crippen LogP contribution in [0.2, 0.25) is 0 Å². The Balaban J connectivity index is 1.83. The third-order valence-corrected chi connectivity index (χ3v) is 4.82. The molecule has 0 saturated carbocycles. The van der Waals surface area contributed by atoms with Gasteiger partial charge in [0.1, 0.15) is 6.54 Å². The molecule has 1 unspecified atom stereocenters. The van der Waals surface area contributed by atoms with Crippen molar-refractivity contribution in [3.05, 3.63) is 0 Å². The Morgan fingerprint density at radius 2 is 2.24 bits per heavy atom. The summed E-state index contributed by atoms with van der Waals surface area (Å²) in [6.45, 7) is 6.50. The van der Waals surface area contributed by atoms with Crippen LogP contribution in [0.5, 0.6) is 0 Å². The predicted octanol–water partition coefficient (Wildman–Crippen LogP) is 1.47. The zero-order chi connectivity index (χ0) is 12.3. The van der Waals surface area contributed by atoms with E-state index in [9.17, 15) is 4.79 Å². The summed E-state index contributed by atoms with van der Waals surface area (Å²) in [4.78, 5) is 18.1. The molecule has 0 aromatic rings. The summed E-state index contributed by atoms with van der Waals surface area (Å²) in [5.41, 5.74) is 0.153. The standard InChI is InChI=1S/C12H21N3OS/c1-3-12(2)9-17-11(14-12)13-8-10(16)15-6-4-5-7-15/h3-9H2,1-2H3,(H,13,14). The Morgan fingerprint density at radius 3 is 2.82 bits per heavy atom. The second kappa shape index (κ2) is 5.29. The van der Waals surface area contributed by atoms with Gasteiger partial charge in [-0.2, -0.15) is 0 Å². The smallest absolute Gasteiger partial charge is 0.244 e. The fraction of sp³-hybridized carbons (Fsp3) is 0.833. The van der Waals surface area contributed by atoms with Crippen molar-refractivity contribution in [1.29, 1.82) is 0 Å². The summed E-state index contributed by atoms with van der Waals surface area (Å²) < 4.78 is 0. The molecule has 0 spiro atoms. The Hall–Kier alpha value is -0.710. The van der Waals surface area contributed by atoms with E-state index in [0.717, 1.165) is 43.3 Å². The number of aliphatic imine (C=N–C) groups is 1. The number of nitrogens with zero attached hydrogens (tertiary/aromatic N) is 2. The van der Waals surface area contributed by atoms with Gasteiger partial charge < -0.3 is 10.2 Å². The van der Waals surface area contributed by atoms with Crippen molar-refractivity contribution >= 4 is 22.8 Å². The molecule has 0 radical (unpaired) electrons. The predicted molar refractivity (Wildman–Crippen MR) is 72.4 cm³/mol. The summed E-state index contributed by atoms with van der Waals surface area (Å²) in [7, 11) is 0. The highest BCUT2D eigenvalue weighted by Gasteiger charge is 2.30. The number of amides is 1. The van der Waals surface area contributed by atoms with Crippen molar-refractivity contribution in [1.82, 2.24) is 10.2 Å². The van der Waals surface area contributed by atoms with E-state index in [1.807, 2.05) is 4.90 Å². The van der Waals surface area contributed by atoms with Crippen LogP contribution in [0, 0.1) is 0 Å². The highest BCUT2D eigenvalue weighted by atomic mass is 32.2. The molecule has 0 aromatic heterocycles. The zero-order valence-electron chi connectivity index (χ0n) is 10.7. The van der Waals surface area contributed by atoms with Gasteiger partial charge in [-0.1, -0.05) is 18.7 Å². The highest BCUT2D eigenvalue weighted by Crippen LogP contribution is 2.25. The van der Waals surface area contributed by atoms with Crippen molar-refractivity contribution in [3.63, 3.8) is 0 Å². The third kappa shape index (κ3) is 3.15. The molecule has 4 nitrogen and oxygen atoms in total. The van der Waals surface area contributed by atoms with E-state index in [4.69, 9.17) is 0 Å². The summed E-state index contributed by atoms with van der Waals surface area (Å²) in [6.07, 6.45) is 3.37. The van der Waals surface area contributed by atoms with Gasteiger partial charge in [-0.05, 0) is 26.2 Å². The maximum absolute atomic E-state index is 11.8. The van der Waals surface area contributed by atoms with Crippen LogP contribution in [0.4, 0.5) is 0 Å². The molecule has 2 saturated heterocycles. The summed E-state index contributed by atoms with van der Waals surface area (Å²) in [5.74, 6) is 1.21. The van der Waals surface area contributed by atoms with E-state index in [2.05, 4.69) is 24.2 Å². The number of thioether (sulfide) groups is 1. The zero-order valence-corrected chi connectivity index (χ0v) is 11.5. The van der Waals surface area contributed by atoms with Crippen LogP contribution in [0.3, 0.4) is 0 Å². The van der Waals surface area contributed by atoms with Crippen molar-refractivity contribution in [2.45, 2.75) is 38.6 Å². The molecule has 1 N–H and O–H groups in total. The van der Waals surface area contributed by atoms with Crippen LogP contribution in [0.15, 0.2) is 4.99 Å². The highest BCUT2D eigenvalue weighted by molar-refractivity contribution is 8.14. The summed E-state index contributed by atoms with van der Waals surface area (Å²) in [5, 5.41) is 4.34. The Morgan fingerprint density at radius 1 is 1.53 bits per heavy atom. The van der Waals surface area contributed by atoms with Crippen molar-refractivity contribution in [2.24, 2.45) is 4.99 Å². The molecule has 1 atom stereocenters. The van der Waals surface area contributed by atoms with E-state index >= 15 is 0 Å². The van der Waals surface area contributed by atoms with E-state index in [-0.39, 0.29) is 11.4 Å². The minimum absolute atomic E-state index is 0.153. The van der Waals surface area contributed by atoms with E-state index in [0.29, 0.717) is 6.54 Å². The lowest BCUT2D eigenvalue weighted by molar-refractivity contribution is -0.128. The molecule has 1 amide bonds. The molecule has 96 valence electrons. The minimum Gasteiger partial charge on any atom is -0.359 e. The largest absolute Gasteiger partial charge is 0.359 e. The first-order valence-electron chi connectivity index (χ1n) is 6.36. The number of nitrogens with one attached hydrogen (secondary N) is 1. The number of hydrogen-bond acceptors (Lipinski definition) is 3. The fourth-order valence-corrected chi connectivity index (χ4v) is 3.25. The van der Waals surface area contributed by atoms with Crippen LogP contribution in [0.25, 0.3) is 0 Å². The van der Waals surface area contributed by atoms with Gasteiger partial charge in [-0.15, -0.1) is 0 Å². The number of amidine groups is 1. The maximum Gasteiger partial charge on any atom is 0.244 e. The van der Waals surface area contributed by atoms with E-state index in [1.165, 1.54) is 0 Å². The summed E-state index contributed by atoms with van der Waals surface area (Å²) in [6, 6.07) is 0. The quantitative estimate of drug-likeness (QED) is 0.830. The first-order chi connectivity index (χ1) is 8.13. The van der Waals surface area contributed by atoms with Crippen molar-refractivity contribution in [3.8, 4) is 0 Å². The maximum atomic E-state index is 11.8. The summed E-state index contributed by atoms with van der Waals surface area (Å²) >= 11 is 1.73.